The average molecular weight is 450 g/mol. The molecule has 164 valence electrons. The smallest absolute Gasteiger partial charge is 0.417 e. The number of hydrogen-bond acceptors (Lipinski definition) is 9. The number of aromatic nitrogens is 1. The predicted octanol–water partition coefficient (Wildman–Crippen LogP) is 2.14. The maximum atomic E-state index is 12.4. The Labute approximate surface area is 175 Å². The van der Waals surface area contributed by atoms with Crippen LogP contribution < -0.4 is 20.1 Å². The predicted molar refractivity (Wildman–Crippen MR) is 110 cm³/mol. The molecule has 0 atom stereocenters. The minimum absolute atomic E-state index is 0.0200. The van der Waals surface area contributed by atoms with Crippen molar-refractivity contribution in [2.24, 2.45) is 5.10 Å². The monoisotopic (exact) mass is 450 g/mol. The summed E-state index contributed by atoms with van der Waals surface area (Å²) in [4.78, 5) is 26.2. The quantitative estimate of drug-likeness (QED) is 0.284. The van der Waals surface area contributed by atoms with E-state index in [1.807, 2.05) is 4.83 Å². The van der Waals surface area contributed by atoms with Crippen molar-refractivity contribution in [2.45, 2.75) is 18.7 Å². The number of nitrogens with one attached hydrogen (secondary N) is 2. The number of rotatable bonds is 9. The molecule has 0 spiro atoms. The third-order valence-electron chi connectivity index (χ3n) is 3.93. The Morgan fingerprint density at radius 2 is 1.97 bits per heavy atom. The molecule has 0 aliphatic rings. The minimum Gasteiger partial charge on any atom is -0.490 e. The lowest BCUT2D eigenvalue weighted by Crippen LogP contribution is -2.18. The Kier molecular flexibility index (Phi) is 6.25. The number of fused-ring (bicyclic) bond motifs is 1. The Hall–Kier alpha value is -3.87. The highest BCUT2D eigenvalue weighted by Gasteiger charge is 2.22. The lowest BCUT2D eigenvalue weighted by atomic mass is 10.2. The van der Waals surface area contributed by atoms with Crippen LogP contribution in [-0.4, -0.2) is 37.8 Å². The van der Waals surface area contributed by atoms with Crippen LogP contribution in [0.4, 0.5) is 5.69 Å². The van der Waals surface area contributed by atoms with Gasteiger partial charge in [0.1, 0.15) is 0 Å². The van der Waals surface area contributed by atoms with Gasteiger partial charge in [-0.25, -0.2) is 9.63 Å². The van der Waals surface area contributed by atoms with Crippen molar-refractivity contribution >= 4 is 33.0 Å². The SMILES string of the molecule is CCOc1cc(/C=N/NS(=O)(=O)c2ccc3[nH]c(=O)oc3c2)cc([N+](=O)[O-])c1OCC. The Morgan fingerprint density at radius 1 is 1.23 bits per heavy atom. The largest absolute Gasteiger partial charge is 0.490 e. The number of ether oxygens (including phenoxy) is 2. The first-order valence-corrected chi connectivity index (χ1v) is 10.5. The van der Waals surface area contributed by atoms with Gasteiger partial charge in [-0.05, 0) is 32.0 Å². The van der Waals surface area contributed by atoms with Crippen LogP contribution >= 0.6 is 0 Å². The van der Waals surface area contributed by atoms with Gasteiger partial charge < -0.3 is 13.9 Å². The third-order valence-corrected chi connectivity index (χ3v) is 5.15. The molecule has 12 nitrogen and oxygen atoms in total. The van der Waals surface area contributed by atoms with Crippen molar-refractivity contribution in [3.8, 4) is 11.5 Å². The molecule has 0 fully saturated rings. The second kappa shape index (κ2) is 8.87. The zero-order valence-corrected chi connectivity index (χ0v) is 17.3. The topological polar surface area (TPSA) is 166 Å². The number of nitrogens with zero attached hydrogens (tertiary/aromatic N) is 2. The van der Waals surface area contributed by atoms with Gasteiger partial charge in [0.05, 0.1) is 34.8 Å². The summed E-state index contributed by atoms with van der Waals surface area (Å²) in [5.74, 6) is -0.595. The Bertz CT molecular complexity index is 1310. The summed E-state index contributed by atoms with van der Waals surface area (Å²) in [6, 6.07) is 6.44. The summed E-state index contributed by atoms with van der Waals surface area (Å²) in [6.45, 7) is 3.82. The van der Waals surface area contributed by atoms with Gasteiger partial charge in [-0.2, -0.15) is 13.5 Å². The van der Waals surface area contributed by atoms with Crippen LogP contribution in [0.2, 0.25) is 0 Å². The molecule has 3 rings (SSSR count). The molecular formula is C18H18N4O8S. The van der Waals surface area contributed by atoms with Gasteiger partial charge in [0.25, 0.3) is 10.0 Å². The van der Waals surface area contributed by atoms with E-state index in [0.717, 1.165) is 6.21 Å². The molecule has 0 amide bonds. The van der Waals surface area contributed by atoms with Crippen LogP contribution in [-0.2, 0) is 10.0 Å². The highest BCUT2D eigenvalue weighted by molar-refractivity contribution is 7.89. The van der Waals surface area contributed by atoms with Crippen molar-refractivity contribution in [3.63, 3.8) is 0 Å². The third kappa shape index (κ3) is 4.83. The first-order valence-electron chi connectivity index (χ1n) is 9.01. The fraction of sp³-hybridized carbons (Fsp3) is 0.222. The number of nitro benzene ring substituents is 1. The number of hydrazone groups is 1. The fourth-order valence-corrected chi connectivity index (χ4v) is 3.49. The fourth-order valence-electron chi connectivity index (χ4n) is 2.69. The maximum absolute atomic E-state index is 12.4. The Balaban J connectivity index is 1.89. The molecule has 31 heavy (non-hydrogen) atoms. The van der Waals surface area contributed by atoms with Crippen LogP contribution in [0.15, 0.2) is 49.5 Å². The standard InChI is InChI=1S/C18H18N4O8S/c1-3-28-16-8-11(7-14(22(24)25)17(16)29-4-2)10-19-21-31(26,27)12-5-6-13-15(9-12)30-18(23)20-13/h5-10,21H,3-4H2,1-2H3,(H,20,23)/b19-10+. The number of oxazole rings is 1. The maximum Gasteiger partial charge on any atom is 0.417 e. The molecule has 0 bridgehead atoms. The first kappa shape index (κ1) is 21.8. The van der Waals surface area contributed by atoms with E-state index in [1.54, 1.807) is 13.8 Å². The Morgan fingerprint density at radius 3 is 2.65 bits per heavy atom. The molecule has 0 saturated carbocycles. The molecule has 1 heterocycles. The summed E-state index contributed by atoms with van der Waals surface area (Å²) in [5, 5.41) is 15.1. The van der Waals surface area contributed by atoms with Crippen molar-refractivity contribution in [1.82, 2.24) is 9.82 Å². The number of H-pyrrole nitrogens is 1. The zero-order chi connectivity index (χ0) is 22.6. The molecule has 2 N–H and O–H groups in total. The molecule has 3 aromatic rings. The van der Waals surface area contributed by atoms with E-state index in [2.05, 4.69) is 10.1 Å². The summed E-state index contributed by atoms with van der Waals surface area (Å²) in [5.41, 5.74) is 0.288. The van der Waals surface area contributed by atoms with E-state index < -0.39 is 20.7 Å². The average Bonchev–Trinajstić information content (AvgIpc) is 3.08. The van der Waals surface area contributed by atoms with Crippen LogP contribution in [0.1, 0.15) is 19.4 Å². The van der Waals surface area contributed by atoms with E-state index in [1.165, 1.54) is 30.3 Å². The van der Waals surface area contributed by atoms with Crippen molar-refractivity contribution in [3.05, 3.63) is 56.6 Å². The number of aromatic amines is 1. The second-order valence-electron chi connectivity index (χ2n) is 6.02. The van der Waals surface area contributed by atoms with E-state index in [9.17, 15) is 23.3 Å². The summed E-state index contributed by atoms with van der Waals surface area (Å²) < 4.78 is 40.5. The normalized spacial score (nSPS) is 11.7. The molecule has 0 unspecified atom stereocenters. The van der Waals surface area contributed by atoms with E-state index >= 15 is 0 Å². The van der Waals surface area contributed by atoms with Crippen molar-refractivity contribution in [1.29, 1.82) is 0 Å². The zero-order valence-electron chi connectivity index (χ0n) is 16.4. The van der Waals surface area contributed by atoms with Crippen LogP contribution in [0.3, 0.4) is 0 Å². The van der Waals surface area contributed by atoms with Crippen molar-refractivity contribution < 1.29 is 27.2 Å². The number of nitro groups is 1. The molecule has 0 aliphatic heterocycles. The second-order valence-corrected chi connectivity index (χ2v) is 7.68. The van der Waals surface area contributed by atoms with Gasteiger partial charge in [0.15, 0.2) is 11.3 Å². The van der Waals surface area contributed by atoms with Gasteiger partial charge in [-0.15, -0.1) is 0 Å². The molecule has 0 aliphatic carbocycles. The van der Waals surface area contributed by atoms with E-state index in [4.69, 9.17) is 13.9 Å². The summed E-state index contributed by atoms with van der Waals surface area (Å²) >= 11 is 0. The molecule has 0 saturated heterocycles. The molecule has 13 heteroatoms. The minimum atomic E-state index is -4.09. The number of benzene rings is 2. The van der Waals surface area contributed by atoms with Crippen molar-refractivity contribution in [2.75, 3.05) is 13.2 Å². The van der Waals surface area contributed by atoms with E-state index in [-0.39, 0.29) is 46.4 Å². The van der Waals surface area contributed by atoms with Gasteiger partial charge in [-0.1, -0.05) is 0 Å². The van der Waals surface area contributed by atoms with Crippen LogP contribution in [0.5, 0.6) is 11.5 Å². The lowest BCUT2D eigenvalue weighted by molar-refractivity contribution is -0.385. The summed E-state index contributed by atoms with van der Waals surface area (Å²) in [7, 11) is -4.09. The van der Waals surface area contributed by atoms with Gasteiger partial charge in [-0.3, -0.25) is 15.1 Å². The first-order chi connectivity index (χ1) is 14.7. The highest BCUT2D eigenvalue weighted by Crippen LogP contribution is 2.38. The van der Waals surface area contributed by atoms with Gasteiger partial charge in [0.2, 0.25) is 5.75 Å². The highest BCUT2D eigenvalue weighted by atomic mass is 32.2. The number of hydrogen-bond donors (Lipinski definition) is 2. The van der Waals surface area contributed by atoms with Crippen LogP contribution in [0, 0.1) is 10.1 Å². The van der Waals surface area contributed by atoms with Crippen LogP contribution in [0.25, 0.3) is 11.1 Å². The van der Waals surface area contributed by atoms with Gasteiger partial charge in [0, 0.05) is 17.7 Å². The molecular weight excluding hydrogens is 432 g/mol. The molecule has 0 radical (unpaired) electrons. The van der Waals surface area contributed by atoms with Gasteiger partial charge >= 0.3 is 11.4 Å². The lowest BCUT2D eigenvalue weighted by Gasteiger charge is -2.11. The summed E-state index contributed by atoms with van der Waals surface area (Å²) in [6.07, 6.45) is 1.09. The molecule has 2 aromatic carbocycles. The molecule has 1 aromatic heterocycles. The number of sulfonamides is 1. The van der Waals surface area contributed by atoms with E-state index in [0.29, 0.717) is 5.52 Å².